The van der Waals surface area contributed by atoms with E-state index in [1.807, 2.05) is 0 Å². The molecule has 1 heterocycles. The maximum absolute atomic E-state index is 12.6. The van der Waals surface area contributed by atoms with Crippen LogP contribution in [0, 0.1) is 5.92 Å². The van der Waals surface area contributed by atoms with Crippen molar-refractivity contribution in [2.45, 2.75) is 57.4 Å². The Morgan fingerprint density at radius 1 is 1.45 bits per heavy atom. The van der Waals surface area contributed by atoms with Crippen molar-refractivity contribution in [2.24, 2.45) is 11.7 Å². The second-order valence-corrected chi connectivity index (χ2v) is 7.51. The van der Waals surface area contributed by atoms with Gasteiger partial charge in [-0.15, -0.1) is 11.3 Å². The number of nitrogens with two attached hydrogens (primary N) is 1. The third-order valence-electron chi connectivity index (χ3n) is 5.15. The van der Waals surface area contributed by atoms with Gasteiger partial charge in [-0.05, 0) is 49.7 Å². The van der Waals surface area contributed by atoms with Gasteiger partial charge in [0.25, 0.3) is 5.91 Å². The number of fused-ring (bicyclic) bond motifs is 1. The molecule has 0 aromatic carbocycles. The lowest BCUT2D eigenvalue weighted by Gasteiger charge is -2.42. The first-order valence-corrected chi connectivity index (χ1v) is 8.60. The summed E-state index contributed by atoms with van der Waals surface area (Å²) in [5, 5.41) is 3.28. The van der Waals surface area contributed by atoms with E-state index in [1.54, 1.807) is 11.3 Å². The van der Waals surface area contributed by atoms with Gasteiger partial charge in [-0.25, -0.2) is 0 Å². The summed E-state index contributed by atoms with van der Waals surface area (Å²) < 4.78 is 0. The van der Waals surface area contributed by atoms with Crippen molar-refractivity contribution >= 4 is 17.2 Å². The normalized spacial score (nSPS) is 29.2. The van der Waals surface area contributed by atoms with Gasteiger partial charge in [-0.1, -0.05) is 19.8 Å². The third-order valence-corrected chi connectivity index (χ3v) is 6.39. The molecule has 20 heavy (non-hydrogen) atoms. The second-order valence-electron chi connectivity index (χ2n) is 6.37. The molecule has 1 amide bonds. The van der Waals surface area contributed by atoms with Gasteiger partial charge >= 0.3 is 0 Å². The summed E-state index contributed by atoms with van der Waals surface area (Å²) in [4.78, 5) is 14.9. The number of amides is 1. The highest BCUT2D eigenvalue weighted by atomic mass is 32.1. The lowest BCUT2D eigenvalue weighted by Crippen LogP contribution is -2.59. The fraction of sp³-hybridized carbons (Fsp3) is 0.688. The van der Waals surface area contributed by atoms with Crippen LogP contribution >= 0.6 is 11.3 Å². The van der Waals surface area contributed by atoms with E-state index in [1.165, 1.54) is 36.1 Å². The molecule has 0 spiro atoms. The topological polar surface area (TPSA) is 55.1 Å². The van der Waals surface area contributed by atoms with Crippen LogP contribution in [0.2, 0.25) is 0 Å². The van der Waals surface area contributed by atoms with Gasteiger partial charge in [0.2, 0.25) is 0 Å². The van der Waals surface area contributed by atoms with Crippen LogP contribution in [-0.4, -0.2) is 18.0 Å². The van der Waals surface area contributed by atoms with Crippen LogP contribution in [0.3, 0.4) is 0 Å². The zero-order valence-corrected chi connectivity index (χ0v) is 13.0. The summed E-state index contributed by atoms with van der Waals surface area (Å²) in [7, 11) is 0. The summed E-state index contributed by atoms with van der Waals surface area (Å²) in [6.07, 6.45) is 8.13. The van der Waals surface area contributed by atoms with E-state index in [0.717, 1.165) is 24.1 Å². The molecule has 2 aliphatic rings. The lowest BCUT2D eigenvalue weighted by atomic mass is 9.73. The Kier molecular flexibility index (Phi) is 3.87. The van der Waals surface area contributed by atoms with E-state index in [-0.39, 0.29) is 11.4 Å². The van der Waals surface area contributed by atoms with Crippen LogP contribution in [0.1, 0.15) is 59.1 Å². The molecule has 1 aromatic heterocycles. The molecule has 2 atom stereocenters. The van der Waals surface area contributed by atoms with E-state index >= 15 is 0 Å². The predicted octanol–water partition coefficient (Wildman–Crippen LogP) is 2.87. The largest absolute Gasteiger partial charge is 0.344 e. The number of carbonyl (C=O) groups is 1. The van der Waals surface area contributed by atoms with Crippen molar-refractivity contribution in [1.29, 1.82) is 0 Å². The molecule has 2 aliphatic carbocycles. The number of carbonyl (C=O) groups excluding carboxylic acids is 1. The van der Waals surface area contributed by atoms with Gasteiger partial charge in [-0.3, -0.25) is 4.79 Å². The van der Waals surface area contributed by atoms with Gasteiger partial charge in [0.1, 0.15) is 0 Å². The molecule has 1 saturated carbocycles. The maximum Gasteiger partial charge on any atom is 0.261 e. The first-order chi connectivity index (χ1) is 9.64. The van der Waals surface area contributed by atoms with Crippen molar-refractivity contribution in [3.05, 3.63) is 21.4 Å². The van der Waals surface area contributed by atoms with Crippen LogP contribution in [0.15, 0.2) is 6.07 Å². The van der Waals surface area contributed by atoms with E-state index in [4.69, 9.17) is 5.73 Å². The standard InChI is InChI=1S/C16H24N2OS/c1-11-5-2-3-8-16(11,10-17)18-15(19)14-9-12-6-4-7-13(12)20-14/h9,11H,2-8,10,17H2,1H3,(H,18,19). The zero-order chi connectivity index (χ0) is 14.2. The quantitative estimate of drug-likeness (QED) is 0.900. The van der Waals surface area contributed by atoms with Crippen LogP contribution in [0.4, 0.5) is 0 Å². The molecule has 3 nitrogen and oxygen atoms in total. The minimum absolute atomic E-state index is 0.0867. The highest BCUT2D eigenvalue weighted by Crippen LogP contribution is 2.35. The summed E-state index contributed by atoms with van der Waals surface area (Å²) >= 11 is 1.68. The molecule has 2 unspecified atom stereocenters. The van der Waals surface area contributed by atoms with E-state index in [2.05, 4.69) is 18.3 Å². The average molecular weight is 292 g/mol. The number of hydrogen-bond donors (Lipinski definition) is 2. The molecule has 110 valence electrons. The SMILES string of the molecule is CC1CCCCC1(CN)NC(=O)c1cc2c(s1)CCC2. The molecule has 1 fully saturated rings. The molecule has 0 bridgehead atoms. The number of hydrogen-bond acceptors (Lipinski definition) is 3. The molecule has 0 saturated heterocycles. The number of nitrogens with one attached hydrogen (secondary N) is 1. The summed E-state index contributed by atoms with van der Waals surface area (Å²) in [6.45, 7) is 2.77. The van der Waals surface area contributed by atoms with Crippen LogP contribution in [0.5, 0.6) is 0 Å². The van der Waals surface area contributed by atoms with Gasteiger partial charge < -0.3 is 11.1 Å². The second kappa shape index (κ2) is 5.49. The lowest BCUT2D eigenvalue weighted by molar-refractivity contribution is 0.0817. The summed E-state index contributed by atoms with van der Waals surface area (Å²) in [5.41, 5.74) is 7.21. The van der Waals surface area contributed by atoms with Gasteiger partial charge in [0, 0.05) is 11.4 Å². The first kappa shape index (κ1) is 14.1. The fourth-order valence-corrected chi connectivity index (χ4v) is 4.83. The van der Waals surface area contributed by atoms with Crippen molar-refractivity contribution in [2.75, 3.05) is 6.54 Å². The van der Waals surface area contributed by atoms with E-state index in [9.17, 15) is 4.79 Å². The van der Waals surface area contributed by atoms with Gasteiger partial charge in [0.15, 0.2) is 0 Å². The molecule has 3 N–H and O–H groups in total. The van der Waals surface area contributed by atoms with Crippen molar-refractivity contribution < 1.29 is 4.79 Å². The monoisotopic (exact) mass is 292 g/mol. The maximum atomic E-state index is 12.6. The molecule has 4 heteroatoms. The van der Waals surface area contributed by atoms with Crippen LogP contribution in [-0.2, 0) is 12.8 Å². The summed E-state index contributed by atoms with van der Waals surface area (Å²) in [6, 6.07) is 2.10. The third kappa shape index (κ3) is 2.40. The Morgan fingerprint density at radius 3 is 3.00 bits per heavy atom. The first-order valence-electron chi connectivity index (χ1n) is 7.79. The Balaban J connectivity index is 1.76. The van der Waals surface area contributed by atoms with E-state index < -0.39 is 0 Å². The minimum Gasteiger partial charge on any atom is -0.344 e. The number of aryl methyl sites for hydroxylation is 2. The van der Waals surface area contributed by atoms with E-state index in [0.29, 0.717) is 12.5 Å². The smallest absolute Gasteiger partial charge is 0.261 e. The Labute approximate surface area is 124 Å². The van der Waals surface area contributed by atoms with Crippen molar-refractivity contribution in [1.82, 2.24) is 5.32 Å². The predicted molar refractivity (Wildman–Crippen MR) is 83.2 cm³/mol. The Hall–Kier alpha value is -0.870. The Bertz CT molecular complexity index is 489. The number of rotatable bonds is 3. The zero-order valence-electron chi connectivity index (χ0n) is 12.2. The minimum atomic E-state index is -0.191. The Morgan fingerprint density at radius 2 is 2.30 bits per heavy atom. The fourth-order valence-electron chi connectivity index (χ4n) is 3.68. The molecule has 0 aliphatic heterocycles. The number of thiophene rings is 1. The molecular formula is C16H24N2OS. The molecule has 0 radical (unpaired) electrons. The van der Waals surface area contributed by atoms with Crippen LogP contribution in [0.25, 0.3) is 0 Å². The van der Waals surface area contributed by atoms with Crippen molar-refractivity contribution in [3.63, 3.8) is 0 Å². The molecule has 3 rings (SSSR count). The molecule has 1 aromatic rings. The van der Waals surface area contributed by atoms with Crippen LogP contribution < -0.4 is 11.1 Å². The highest BCUT2D eigenvalue weighted by molar-refractivity contribution is 7.14. The van der Waals surface area contributed by atoms with Gasteiger partial charge in [0.05, 0.1) is 10.4 Å². The van der Waals surface area contributed by atoms with Gasteiger partial charge in [-0.2, -0.15) is 0 Å². The highest BCUT2D eigenvalue weighted by Gasteiger charge is 2.38. The summed E-state index contributed by atoms with van der Waals surface area (Å²) in [5.74, 6) is 0.556. The van der Waals surface area contributed by atoms with Crippen molar-refractivity contribution in [3.8, 4) is 0 Å². The molecular weight excluding hydrogens is 268 g/mol. The average Bonchev–Trinajstić information content (AvgIpc) is 3.02.